The van der Waals surface area contributed by atoms with Crippen molar-refractivity contribution < 1.29 is 9.53 Å². The zero-order valence-corrected chi connectivity index (χ0v) is 10.7. The number of carbonyl (C=O) groups excluding carboxylic acids is 1. The van der Waals surface area contributed by atoms with Crippen LogP contribution in [0.1, 0.15) is 16.8 Å². The quantitative estimate of drug-likeness (QED) is 0.791. The summed E-state index contributed by atoms with van der Waals surface area (Å²) >= 11 is 0. The Kier molecular flexibility index (Phi) is 4.25. The Bertz CT molecular complexity index is 548. The fraction of sp³-hybridized carbons (Fsp3) is 0.308. The number of rotatable bonds is 5. The third-order valence-corrected chi connectivity index (χ3v) is 2.84. The molecule has 0 bridgehead atoms. The van der Waals surface area contributed by atoms with Crippen molar-refractivity contribution in [2.24, 2.45) is 5.73 Å². The van der Waals surface area contributed by atoms with Crippen LogP contribution in [0.2, 0.25) is 0 Å². The predicted octanol–water partition coefficient (Wildman–Crippen LogP) is 0.501. The smallest absolute Gasteiger partial charge is 0.311 e. The minimum Gasteiger partial charge on any atom is -0.469 e. The molecule has 100 valence electrons. The van der Waals surface area contributed by atoms with Gasteiger partial charge in [-0.2, -0.15) is 0 Å². The normalized spacial score (nSPS) is 10.4. The molecular formula is C13H16N4O2. The molecule has 0 aliphatic heterocycles. The first kappa shape index (κ1) is 13.2. The number of aromatic nitrogens is 3. The second-order valence-electron chi connectivity index (χ2n) is 4.16. The zero-order valence-electron chi connectivity index (χ0n) is 10.7. The number of methoxy groups -OCH3 is 1. The summed E-state index contributed by atoms with van der Waals surface area (Å²) in [5, 5.41) is 7.80. The Balaban J connectivity index is 2.10. The Morgan fingerprint density at radius 2 is 2.00 bits per heavy atom. The van der Waals surface area contributed by atoms with Gasteiger partial charge in [0, 0.05) is 6.54 Å². The van der Waals surface area contributed by atoms with Crippen molar-refractivity contribution in [3.05, 3.63) is 47.3 Å². The average molecular weight is 260 g/mol. The van der Waals surface area contributed by atoms with Crippen LogP contribution in [0.5, 0.6) is 0 Å². The number of esters is 1. The third kappa shape index (κ3) is 3.38. The Morgan fingerprint density at radius 1 is 1.32 bits per heavy atom. The largest absolute Gasteiger partial charge is 0.469 e. The highest BCUT2D eigenvalue weighted by Gasteiger charge is 2.09. The Labute approximate surface area is 111 Å². The summed E-state index contributed by atoms with van der Waals surface area (Å²) < 4.78 is 6.33. The molecule has 6 nitrogen and oxygen atoms in total. The average Bonchev–Trinajstić information content (AvgIpc) is 2.86. The molecule has 6 heteroatoms. The van der Waals surface area contributed by atoms with Gasteiger partial charge in [0.2, 0.25) is 0 Å². The SMILES string of the molecule is COC(=O)Cc1cnnn1Cc1ccc(CN)cc1. The van der Waals surface area contributed by atoms with Crippen LogP contribution in [-0.2, 0) is 29.0 Å². The highest BCUT2D eigenvalue weighted by Crippen LogP contribution is 2.08. The minimum atomic E-state index is -0.304. The van der Waals surface area contributed by atoms with Crippen LogP contribution < -0.4 is 5.73 Å². The van der Waals surface area contributed by atoms with Crippen molar-refractivity contribution in [2.75, 3.05) is 7.11 Å². The molecule has 1 aromatic carbocycles. The molecule has 0 fully saturated rings. The van der Waals surface area contributed by atoms with Gasteiger partial charge in [0.15, 0.2) is 0 Å². The summed E-state index contributed by atoms with van der Waals surface area (Å²) in [7, 11) is 1.36. The summed E-state index contributed by atoms with van der Waals surface area (Å²) in [6, 6.07) is 7.94. The maximum atomic E-state index is 11.3. The topological polar surface area (TPSA) is 83.0 Å². The van der Waals surface area contributed by atoms with Gasteiger partial charge in [0.05, 0.1) is 32.0 Å². The van der Waals surface area contributed by atoms with Crippen molar-refractivity contribution in [2.45, 2.75) is 19.5 Å². The lowest BCUT2D eigenvalue weighted by atomic mass is 10.1. The molecule has 0 amide bonds. The molecule has 0 saturated carbocycles. The molecule has 1 heterocycles. The number of benzene rings is 1. The molecule has 0 saturated heterocycles. The van der Waals surface area contributed by atoms with Crippen LogP contribution in [0.4, 0.5) is 0 Å². The van der Waals surface area contributed by atoms with Crippen LogP contribution in [-0.4, -0.2) is 28.1 Å². The number of hydrogen-bond acceptors (Lipinski definition) is 5. The van der Waals surface area contributed by atoms with Gasteiger partial charge in [-0.3, -0.25) is 4.79 Å². The maximum Gasteiger partial charge on any atom is 0.311 e. The summed E-state index contributed by atoms with van der Waals surface area (Å²) in [5.74, 6) is -0.304. The molecule has 0 unspecified atom stereocenters. The van der Waals surface area contributed by atoms with Crippen molar-refractivity contribution in [1.29, 1.82) is 0 Å². The van der Waals surface area contributed by atoms with Gasteiger partial charge in [-0.15, -0.1) is 5.10 Å². The third-order valence-electron chi connectivity index (χ3n) is 2.84. The lowest BCUT2D eigenvalue weighted by Crippen LogP contribution is -2.12. The Morgan fingerprint density at radius 3 is 2.63 bits per heavy atom. The van der Waals surface area contributed by atoms with E-state index in [9.17, 15) is 4.79 Å². The van der Waals surface area contributed by atoms with Crippen molar-refractivity contribution in [1.82, 2.24) is 15.0 Å². The molecule has 0 spiro atoms. The molecule has 2 rings (SSSR count). The fourth-order valence-corrected chi connectivity index (χ4v) is 1.72. The van der Waals surface area contributed by atoms with Gasteiger partial charge in [-0.25, -0.2) is 4.68 Å². The molecule has 19 heavy (non-hydrogen) atoms. The fourth-order valence-electron chi connectivity index (χ4n) is 1.72. The highest BCUT2D eigenvalue weighted by molar-refractivity contribution is 5.71. The van der Waals surface area contributed by atoms with Gasteiger partial charge < -0.3 is 10.5 Å². The first-order valence-electron chi connectivity index (χ1n) is 5.95. The van der Waals surface area contributed by atoms with E-state index in [4.69, 9.17) is 5.73 Å². The van der Waals surface area contributed by atoms with E-state index >= 15 is 0 Å². The Hall–Kier alpha value is -2.21. The van der Waals surface area contributed by atoms with E-state index < -0.39 is 0 Å². The maximum absolute atomic E-state index is 11.3. The molecular weight excluding hydrogens is 244 g/mol. The molecule has 0 radical (unpaired) electrons. The number of ether oxygens (including phenoxy) is 1. The lowest BCUT2D eigenvalue weighted by molar-refractivity contribution is -0.139. The summed E-state index contributed by atoms with van der Waals surface area (Å²) in [5.41, 5.74) is 8.44. The second-order valence-corrected chi connectivity index (χ2v) is 4.16. The van der Waals surface area contributed by atoms with Gasteiger partial charge in [-0.1, -0.05) is 29.5 Å². The van der Waals surface area contributed by atoms with E-state index in [-0.39, 0.29) is 12.4 Å². The monoisotopic (exact) mass is 260 g/mol. The molecule has 2 N–H and O–H groups in total. The lowest BCUT2D eigenvalue weighted by Gasteiger charge is -2.06. The summed E-state index contributed by atoms with van der Waals surface area (Å²) in [6.45, 7) is 1.09. The van der Waals surface area contributed by atoms with Crippen LogP contribution >= 0.6 is 0 Å². The predicted molar refractivity (Wildman–Crippen MR) is 69.2 cm³/mol. The molecule has 0 aliphatic rings. The van der Waals surface area contributed by atoms with E-state index in [1.807, 2.05) is 24.3 Å². The van der Waals surface area contributed by atoms with Crippen LogP contribution in [0.25, 0.3) is 0 Å². The van der Waals surface area contributed by atoms with E-state index in [1.54, 1.807) is 10.9 Å². The number of nitrogens with two attached hydrogens (primary N) is 1. The molecule has 2 aromatic rings. The van der Waals surface area contributed by atoms with Crippen LogP contribution in [0.3, 0.4) is 0 Å². The van der Waals surface area contributed by atoms with Gasteiger partial charge in [0.25, 0.3) is 0 Å². The van der Waals surface area contributed by atoms with E-state index in [1.165, 1.54) is 7.11 Å². The summed E-state index contributed by atoms with van der Waals surface area (Å²) in [4.78, 5) is 11.3. The zero-order chi connectivity index (χ0) is 13.7. The van der Waals surface area contributed by atoms with Gasteiger partial charge >= 0.3 is 5.97 Å². The summed E-state index contributed by atoms with van der Waals surface area (Å²) in [6.07, 6.45) is 1.75. The first-order chi connectivity index (χ1) is 9.22. The highest BCUT2D eigenvalue weighted by atomic mass is 16.5. The second kappa shape index (κ2) is 6.10. The van der Waals surface area contributed by atoms with E-state index in [2.05, 4.69) is 15.0 Å². The molecule has 0 atom stereocenters. The van der Waals surface area contributed by atoms with Gasteiger partial charge in [-0.05, 0) is 11.1 Å². The first-order valence-corrected chi connectivity index (χ1v) is 5.95. The van der Waals surface area contributed by atoms with Crippen LogP contribution in [0, 0.1) is 0 Å². The standard InChI is InChI=1S/C13H16N4O2/c1-19-13(18)6-12-8-15-16-17(12)9-11-4-2-10(7-14)3-5-11/h2-5,8H,6-7,9,14H2,1H3. The number of hydrogen-bond donors (Lipinski definition) is 1. The molecule has 0 aliphatic carbocycles. The minimum absolute atomic E-state index is 0.171. The van der Waals surface area contributed by atoms with E-state index in [0.717, 1.165) is 16.8 Å². The van der Waals surface area contributed by atoms with Crippen molar-refractivity contribution in [3.63, 3.8) is 0 Å². The number of carbonyl (C=O) groups is 1. The van der Waals surface area contributed by atoms with Gasteiger partial charge in [0.1, 0.15) is 0 Å². The van der Waals surface area contributed by atoms with Crippen LogP contribution in [0.15, 0.2) is 30.5 Å². The van der Waals surface area contributed by atoms with Crippen molar-refractivity contribution >= 4 is 5.97 Å². The van der Waals surface area contributed by atoms with E-state index in [0.29, 0.717) is 13.1 Å². The molecule has 1 aromatic heterocycles. The van der Waals surface area contributed by atoms with Crippen molar-refractivity contribution in [3.8, 4) is 0 Å². The number of nitrogens with zero attached hydrogens (tertiary/aromatic N) is 3.